The molecular formula is C4H7O3S. The summed E-state index contributed by atoms with van der Waals surface area (Å²) in [7, 11) is 0. The molecule has 2 N–H and O–H groups in total. The van der Waals surface area contributed by atoms with E-state index in [1.807, 2.05) is 0 Å². The van der Waals surface area contributed by atoms with Gasteiger partial charge in [0.05, 0.1) is 0 Å². The molecule has 1 atom stereocenters. The molecule has 1 rings (SSSR count). The van der Waals surface area contributed by atoms with Gasteiger partial charge in [0.1, 0.15) is 0 Å². The average Bonchev–Trinajstić information content (AvgIpc) is 1.86. The van der Waals surface area contributed by atoms with Crippen LogP contribution in [0.15, 0.2) is 0 Å². The summed E-state index contributed by atoms with van der Waals surface area (Å²) in [5.41, 5.74) is 0. The van der Waals surface area contributed by atoms with Crippen LogP contribution >= 0.6 is 11.8 Å². The Hall–Kier alpha value is 0.230. The Labute approximate surface area is 51.3 Å². The molecule has 3 nitrogen and oxygen atoms in total. The third kappa shape index (κ3) is 0.974. The maximum Gasteiger partial charge on any atom is 0.243 e. The maximum absolute atomic E-state index is 10.5. The normalized spacial score (nSPS) is 35.6. The molecule has 1 heterocycles. The minimum absolute atomic E-state index is 0.359. The topological polar surface area (TPSA) is 60.4 Å². The molecule has 0 saturated carbocycles. The van der Waals surface area contributed by atoms with Crippen molar-refractivity contribution in [2.45, 2.75) is 17.6 Å². The zero-order valence-corrected chi connectivity index (χ0v) is 5.02. The van der Waals surface area contributed by atoms with E-state index in [0.29, 0.717) is 12.2 Å². The van der Waals surface area contributed by atoms with E-state index in [4.69, 9.17) is 10.2 Å². The van der Waals surface area contributed by atoms with Gasteiger partial charge < -0.3 is 10.2 Å². The second-order valence-corrected chi connectivity index (χ2v) is 3.08. The molecule has 4 heteroatoms. The standard InChI is InChI=1S/C4H7O3S/c5-3-1-2-8-4(3,6)7/h3,6-7H,1-2H2. The third-order valence-corrected chi connectivity index (χ3v) is 2.24. The molecule has 1 unspecified atom stereocenters. The molecule has 0 aromatic rings. The molecule has 0 bridgehead atoms. The van der Waals surface area contributed by atoms with Gasteiger partial charge in [0, 0.05) is 5.75 Å². The van der Waals surface area contributed by atoms with E-state index in [1.165, 1.54) is 0 Å². The fraction of sp³-hybridized carbons (Fsp3) is 1.00. The highest BCUT2D eigenvalue weighted by Crippen LogP contribution is 2.33. The van der Waals surface area contributed by atoms with Crippen LogP contribution in [0.1, 0.15) is 6.42 Å². The SMILES string of the molecule is [O]C1CCSC1(O)O. The number of aliphatic hydroxyl groups is 2. The van der Waals surface area contributed by atoms with E-state index in [9.17, 15) is 5.11 Å². The van der Waals surface area contributed by atoms with Crippen LogP contribution in [0.3, 0.4) is 0 Å². The van der Waals surface area contributed by atoms with Crippen molar-refractivity contribution in [3.05, 3.63) is 0 Å². The summed E-state index contributed by atoms with van der Waals surface area (Å²) < 4.78 is 0. The molecule has 1 radical (unpaired) electrons. The van der Waals surface area contributed by atoms with Gasteiger partial charge in [-0.1, -0.05) is 11.8 Å². The van der Waals surface area contributed by atoms with Crippen LogP contribution in [0.25, 0.3) is 0 Å². The lowest BCUT2D eigenvalue weighted by atomic mass is 10.3. The highest BCUT2D eigenvalue weighted by atomic mass is 32.2. The lowest BCUT2D eigenvalue weighted by Gasteiger charge is -2.14. The van der Waals surface area contributed by atoms with Gasteiger partial charge in [0.15, 0.2) is 6.10 Å². The second kappa shape index (κ2) is 1.88. The van der Waals surface area contributed by atoms with Crippen molar-refractivity contribution in [3.63, 3.8) is 0 Å². The molecule has 1 aliphatic rings. The fourth-order valence-electron chi connectivity index (χ4n) is 0.597. The summed E-state index contributed by atoms with van der Waals surface area (Å²) in [5, 5.41) is 25.8. The largest absolute Gasteiger partial charge is 0.355 e. The minimum Gasteiger partial charge on any atom is -0.355 e. The van der Waals surface area contributed by atoms with E-state index in [2.05, 4.69) is 0 Å². The summed E-state index contributed by atoms with van der Waals surface area (Å²) >= 11 is 0.906. The second-order valence-electron chi connectivity index (χ2n) is 1.78. The highest BCUT2D eigenvalue weighted by Gasteiger charge is 2.40. The minimum atomic E-state index is -1.99. The van der Waals surface area contributed by atoms with Gasteiger partial charge in [-0.25, -0.2) is 5.11 Å². The molecule has 47 valence electrons. The van der Waals surface area contributed by atoms with Crippen LogP contribution < -0.4 is 0 Å². The summed E-state index contributed by atoms with van der Waals surface area (Å²) in [6.45, 7) is 0. The Morgan fingerprint density at radius 2 is 2.25 bits per heavy atom. The molecule has 0 spiro atoms. The Morgan fingerprint density at radius 1 is 1.62 bits per heavy atom. The van der Waals surface area contributed by atoms with Gasteiger partial charge >= 0.3 is 0 Å². The van der Waals surface area contributed by atoms with E-state index in [-0.39, 0.29) is 0 Å². The third-order valence-electron chi connectivity index (χ3n) is 1.11. The van der Waals surface area contributed by atoms with Gasteiger partial charge in [-0.15, -0.1) is 0 Å². The molecular weight excluding hydrogens is 128 g/mol. The van der Waals surface area contributed by atoms with Gasteiger partial charge in [-0.3, -0.25) is 0 Å². The molecule has 1 saturated heterocycles. The molecule has 1 fully saturated rings. The van der Waals surface area contributed by atoms with Crippen molar-refractivity contribution in [2.75, 3.05) is 5.75 Å². The number of hydrogen-bond donors (Lipinski definition) is 2. The van der Waals surface area contributed by atoms with Crippen molar-refractivity contribution in [2.24, 2.45) is 0 Å². The van der Waals surface area contributed by atoms with E-state index in [0.717, 1.165) is 11.8 Å². The summed E-state index contributed by atoms with van der Waals surface area (Å²) in [5.74, 6) is 0.557. The van der Waals surface area contributed by atoms with Gasteiger partial charge in [0.2, 0.25) is 5.12 Å². The van der Waals surface area contributed by atoms with Crippen molar-refractivity contribution in [1.82, 2.24) is 0 Å². The predicted molar refractivity (Wildman–Crippen MR) is 28.7 cm³/mol. The lowest BCUT2D eigenvalue weighted by Crippen LogP contribution is -2.32. The van der Waals surface area contributed by atoms with E-state index in [1.54, 1.807) is 0 Å². The molecule has 0 aliphatic carbocycles. The fourth-order valence-corrected chi connectivity index (χ4v) is 1.53. The summed E-state index contributed by atoms with van der Waals surface area (Å²) in [6, 6.07) is 0. The molecule has 8 heavy (non-hydrogen) atoms. The number of rotatable bonds is 0. The van der Waals surface area contributed by atoms with Crippen molar-refractivity contribution < 1.29 is 15.3 Å². The zero-order chi connectivity index (χ0) is 6.20. The van der Waals surface area contributed by atoms with Crippen molar-refractivity contribution in [3.8, 4) is 0 Å². The van der Waals surface area contributed by atoms with Crippen molar-refractivity contribution >= 4 is 11.8 Å². The van der Waals surface area contributed by atoms with E-state index >= 15 is 0 Å². The van der Waals surface area contributed by atoms with Gasteiger partial charge in [-0.05, 0) is 6.42 Å². The first kappa shape index (κ1) is 6.35. The van der Waals surface area contributed by atoms with Crippen LogP contribution in [-0.2, 0) is 5.11 Å². The zero-order valence-electron chi connectivity index (χ0n) is 4.20. The Bertz CT molecular complexity index is 93.3. The predicted octanol–water partition coefficient (Wildman–Crippen LogP) is -0.439. The van der Waals surface area contributed by atoms with Crippen LogP contribution in [0.2, 0.25) is 0 Å². The molecule has 0 amide bonds. The summed E-state index contributed by atoms with van der Waals surface area (Å²) in [6.07, 6.45) is -0.856. The Kier molecular flexibility index (Phi) is 1.49. The molecule has 1 aliphatic heterocycles. The quantitative estimate of drug-likeness (QED) is 0.443. The van der Waals surface area contributed by atoms with Crippen LogP contribution in [0.5, 0.6) is 0 Å². The van der Waals surface area contributed by atoms with Crippen LogP contribution in [0.4, 0.5) is 0 Å². The number of hydrogen-bond acceptors (Lipinski definition) is 3. The van der Waals surface area contributed by atoms with Crippen molar-refractivity contribution in [1.29, 1.82) is 0 Å². The highest BCUT2D eigenvalue weighted by molar-refractivity contribution is 8.00. The van der Waals surface area contributed by atoms with Gasteiger partial charge in [-0.2, -0.15) is 0 Å². The summed E-state index contributed by atoms with van der Waals surface area (Å²) in [4.78, 5) is 0. The Morgan fingerprint density at radius 3 is 2.38 bits per heavy atom. The number of thioether (sulfide) groups is 1. The first-order valence-corrected chi connectivity index (χ1v) is 3.36. The first-order valence-electron chi connectivity index (χ1n) is 2.37. The molecule has 0 aromatic heterocycles. The van der Waals surface area contributed by atoms with Crippen LogP contribution in [-0.4, -0.2) is 27.2 Å². The maximum atomic E-state index is 10.5. The lowest BCUT2D eigenvalue weighted by molar-refractivity contribution is -0.166. The van der Waals surface area contributed by atoms with E-state index < -0.39 is 11.2 Å². The van der Waals surface area contributed by atoms with Crippen LogP contribution in [0, 0.1) is 0 Å². The smallest absolute Gasteiger partial charge is 0.243 e. The monoisotopic (exact) mass is 135 g/mol. The Balaban J connectivity index is 2.54. The average molecular weight is 135 g/mol. The first-order chi connectivity index (χ1) is 3.63. The van der Waals surface area contributed by atoms with Gasteiger partial charge in [0.25, 0.3) is 0 Å². The molecule has 0 aromatic carbocycles.